The number of hydrogen-bond acceptors (Lipinski definition) is 4. The van der Waals surface area contributed by atoms with Crippen molar-refractivity contribution in [1.82, 2.24) is 5.32 Å². The molecule has 0 aromatic heterocycles. The molecule has 0 spiro atoms. The first-order valence-corrected chi connectivity index (χ1v) is 8.26. The van der Waals surface area contributed by atoms with Crippen LogP contribution in [-0.2, 0) is 20.7 Å². The molecule has 0 radical (unpaired) electrons. The molecule has 2 rings (SSSR count). The van der Waals surface area contributed by atoms with Crippen LogP contribution in [0.2, 0.25) is 0 Å². The van der Waals surface area contributed by atoms with E-state index >= 15 is 0 Å². The van der Waals surface area contributed by atoms with Gasteiger partial charge >= 0.3 is 5.97 Å². The van der Waals surface area contributed by atoms with Crippen LogP contribution in [0.5, 0.6) is 0 Å². The van der Waals surface area contributed by atoms with Gasteiger partial charge in [0.15, 0.2) is 0 Å². The summed E-state index contributed by atoms with van der Waals surface area (Å²) in [6, 6.07) is 13.9. The minimum absolute atomic E-state index is 0.148. The average molecular weight is 405 g/mol. The lowest BCUT2D eigenvalue weighted by molar-refractivity contribution is -0.139. The molecule has 0 unspecified atom stereocenters. The standard InChI is InChI=1S/C18H17BrN2O4/c1-25-17(23)11-20-18(24)13-4-8-15(9-5-13)21-16(22)10-12-2-6-14(19)7-3-12/h2-9H,10-11H2,1H3,(H,20,24)(H,21,22). The normalized spacial score (nSPS) is 10.0. The molecule has 0 aliphatic carbocycles. The predicted octanol–water partition coefficient (Wildman–Crippen LogP) is 2.53. The molecule has 7 heteroatoms. The molecule has 130 valence electrons. The zero-order chi connectivity index (χ0) is 18.2. The molecular formula is C18H17BrN2O4. The molecule has 0 atom stereocenters. The first-order valence-electron chi connectivity index (χ1n) is 7.47. The highest BCUT2D eigenvalue weighted by atomic mass is 79.9. The largest absolute Gasteiger partial charge is 0.468 e. The quantitative estimate of drug-likeness (QED) is 0.724. The molecule has 6 nitrogen and oxygen atoms in total. The van der Waals surface area contributed by atoms with Gasteiger partial charge in [-0.3, -0.25) is 14.4 Å². The monoisotopic (exact) mass is 404 g/mol. The van der Waals surface area contributed by atoms with Crippen LogP contribution >= 0.6 is 15.9 Å². The highest BCUT2D eigenvalue weighted by Crippen LogP contribution is 2.13. The summed E-state index contributed by atoms with van der Waals surface area (Å²) in [5.74, 6) is -1.06. The number of anilines is 1. The Hall–Kier alpha value is -2.67. The summed E-state index contributed by atoms with van der Waals surface area (Å²) in [5.41, 5.74) is 1.88. The summed E-state index contributed by atoms with van der Waals surface area (Å²) in [7, 11) is 1.25. The fourth-order valence-electron chi connectivity index (χ4n) is 2.02. The number of halogens is 1. The molecule has 0 fully saturated rings. The molecule has 2 aromatic carbocycles. The molecule has 0 saturated carbocycles. The smallest absolute Gasteiger partial charge is 0.325 e. The van der Waals surface area contributed by atoms with Crippen LogP contribution in [0.15, 0.2) is 53.0 Å². The summed E-state index contributed by atoms with van der Waals surface area (Å²) in [5, 5.41) is 5.22. The van der Waals surface area contributed by atoms with E-state index in [0.717, 1.165) is 10.0 Å². The minimum Gasteiger partial charge on any atom is -0.468 e. The Bertz CT molecular complexity index is 758. The highest BCUT2D eigenvalue weighted by Gasteiger charge is 2.09. The second kappa shape index (κ2) is 8.98. The first-order chi connectivity index (χ1) is 12.0. The maximum Gasteiger partial charge on any atom is 0.325 e. The van der Waals surface area contributed by atoms with Crippen molar-refractivity contribution in [2.45, 2.75) is 6.42 Å². The molecule has 0 heterocycles. The van der Waals surface area contributed by atoms with Gasteiger partial charge in [0, 0.05) is 15.7 Å². The molecule has 0 aliphatic heterocycles. The lowest BCUT2D eigenvalue weighted by atomic mass is 10.1. The van der Waals surface area contributed by atoms with Gasteiger partial charge in [0.1, 0.15) is 6.54 Å². The number of nitrogens with one attached hydrogen (secondary N) is 2. The van der Waals surface area contributed by atoms with Gasteiger partial charge in [0.2, 0.25) is 5.91 Å². The Morgan fingerprint density at radius 3 is 2.24 bits per heavy atom. The maximum atomic E-state index is 12.0. The Labute approximate surface area is 153 Å². The maximum absolute atomic E-state index is 12.0. The van der Waals surface area contributed by atoms with Crippen molar-refractivity contribution in [1.29, 1.82) is 0 Å². The van der Waals surface area contributed by atoms with E-state index in [0.29, 0.717) is 11.3 Å². The topological polar surface area (TPSA) is 84.5 Å². The third-order valence-corrected chi connectivity index (χ3v) is 3.86. The van der Waals surface area contributed by atoms with Gasteiger partial charge in [-0.15, -0.1) is 0 Å². The number of benzene rings is 2. The molecular weight excluding hydrogens is 388 g/mol. The second-order valence-corrected chi connectivity index (χ2v) is 6.10. The molecule has 0 bridgehead atoms. The number of amides is 2. The summed E-state index contributed by atoms with van der Waals surface area (Å²) < 4.78 is 5.41. The predicted molar refractivity (Wildman–Crippen MR) is 97.3 cm³/mol. The van der Waals surface area contributed by atoms with Gasteiger partial charge in [-0.2, -0.15) is 0 Å². The first kappa shape index (κ1) is 18.7. The van der Waals surface area contributed by atoms with Crippen LogP contribution in [0.25, 0.3) is 0 Å². The fraction of sp³-hybridized carbons (Fsp3) is 0.167. The number of carbonyl (C=O) groups excluding carboxylic acids is 3. The second-order valence-electron chi connectivity index (χ2n) is 5.19. The summed E-state index contributed by atoms with van der Waals surface area (Å²) in [6.45, 7) is -0.193. The van der Waals surface area contributed by atoms with Crippen molar-refractivity contribution < 1.29 is 19.1 Å². The third-order valence-electron chi connectivity index (χ3n) is 3.33. The van der Waals surface area contributed by atoms with Crippen molar-refractivity contribution in [3.8, 4) is 0 Å². The van der Waals surface area contributed by atoms with Crippen LogP contribution in [0, 0.1) is 0 Å². The van der Waals surface area contributed by atoms with Crippen molar-refractivity contribution in [2.24, 2.45) is 0 Å². The number of carbonyl (C=O) groups is 3. The van der Waals surface area contributed by atoms with Crippen LogP contribution in [-0.4, -0.2) is 31.4 Å². The van der Waals surface area contributed by atoms with E-state index in [1.807, 2.05) is 24.3 Å². The molecule has 0 saturated heterocycles. The summed E-state index contributed by atoms with van der Waals surface area (Å²) in [6.07, 6.45) is 0.259. The molecule has 25 heavy (non-hydrogen) atoms. The fourth-order valence-corrected chi connectivity index (χ4v) is 2.29. The minimum atomic E-state index is -0.523. The molecule has 2 N–H and O–H groups in total. The number of methoxy groups -OCH3 is 1. The molecule has 2 aromatic rings. The molecule has 2 amide bonds. The van der Waals surface area contributed by atoms with Gasteiger partial charge in [0.25, 0.3) is 5.91 Å². The third kappa shape index (κ3) is 6.04. The Balaban J connectivity index is 1.88. The van der Waals surface area contributed by atoms with Crippen molar-refractivity contribution in [2.75, 3.05) is 19.0 Å². The van der Waals surface area contributed by atoms with E-state index in [1.54, 1.807) is 24.3 Å². The Morgan fingerprint density at radius 2 is 1.64 bits per heavy atom. The van der Waals surface area contributed by atoms with Crippen LogP contribution in [0.4, 0.5) is 5.69 Å². The highest BCUT2D eigenvalue weighted by molar-refractivity contribution is 9.10. The van der Waals surface area contributed by atoms with Crippen molar-refractivity contribution >= 4 is 39.4 Å². The van der Waals surface area contributed by atoms with Crippen LogP contribution in [0.3, 0.4) is 0 Å². The number of hydrogen-bond donors (Lipinski definition) is 2. The van der Waals surface area contributed by atoms with Gasteiger partial charge in [-0.25, -0.2) is 0 Å². The lowest BCUT2D eigenvalue weighted by Crippen LogP contribution is -2.30. The lowest BCUT2D eigenvalue weighted by Gasteiger charge is -2.07. The zero-order valence-corrected chi connectivity index (χ0v) is 15.1. The van der Waals surface area contributed by atoms with Crippen LogP contribution in [0.1, 0.15) is 15.9 Å². The van der Waals surface area contributed by atoms with E-state index in [9.17, 15) is 14.4 Å². The summed E-state index contributed by atoms with van der Waals surface area (Å²) in [4.78, 5) is 34.9. The van der Waals surface area contributed by atoms with Gasteiger partial charge < -0.3 is 15.4 Å². The average Bonchev–Trinajstić information content (AvgIpc) is 2.62. The number of ether oxygens (including phenoxy) is 1. The van der Waals surface area contributed by atoms with Gasteiger partial charge in [-0.05, 0) is 42.0 Å². The SMILES string of the molecule is COC(=O)CNC(=O)c1ccc(NC(=O)Cc2ccc(Br)cc2)cc1. The van der Waals surface area contributed by atoms with E-state index in [-0.39, 0.29) is 18.9 Å². The van der Waals surface area contributed by atoms with Crippen LogP contribution < -0.4 is 10.6 Å². The number of esters is 1. The summed E-state index contributed by atoms with van der Waals surface area (Å²) >= 11 is 3.35. The van der Waals surface area contributed by atoms with E-state index in [1.165, 1.54) is 7.11 Å². The van der Waals surface area contributed by atoms with E-state index in [4.69, 9.17) is 0 Å². The Kier molecular flexibility index (Phi) is 6.71. The van der Waals surface area contributed by atoms with Gasteiger partial charge in [0.05, 0.1) is 13.5 Å². The van der Waals surface area contributed by atoms with Crippen molar-refractivity contribution in [3.05, 3.63) is 64.1 Å². The van der Waals surface area contributed by atoms with E-state index < -0.39 is 11.9 Å². The van der Waals surface area contributed by atoms with Gasteiger partial charge in [-0.1, -0.05) is 28.1 Å². The Morgan fingerprint density at radius 1 is 1.00 bits per heavy atom. The van der Waals surface area contributed by atoms with Crippen molar-refractivity contribution in [3.63, 3.8) is 0 Å². The van der Waals surface area contributed by atoms with E-state index in [2.05, 4.69) is 31.3 Å². The number of rotatable bonds is 6. The molecule has 0 aliphatic rings. The zero-order valence-electron chi connectivity index (χ0n) is 13.5.